The van der Waals surface area contributed by atoms with Gasteiger partial charge in [-0.15, -0.1) is 0 Å². The molecule has 2 aromatic carbocycles. The van der Waals surface area contributed by atoms with Gasteiger partial charge in [0.05, 0.1) is 6.20 Å². The molecule has 1 unspecified atom stereocenters. The Morgan fingerprint density at radius 1 is 0.966 bits per heavy atom. The van der Waals surface area contributed by atoms with E-state index in [4.69, 9.17) is 10.5 Å². The summed E-state index contributed by atoms with van der Waals surface area (Å²) in [5.41, 5.74) is 6.16. The first-order valence-electron chi connectivity index (χ1n) is 8.77. The van der Waals surface area contributed by atoms with Gasteiger partial charge in [-0.25, -0.2) is 13.8 Å². The molecule has 0 saturated heterocycles. The maximum Gasteiger partial charge on any atom is 0.266 e. The summed E-state index contributed by atoms with van der Waals surface area (Å²) in [7, 11) is 1.50. The minimum Gasteiger partial charge on any atom is -0.457 e. The van der Waals surface area contributed by atoms with Gasteiger partial charge in [-0.3, -0.25) is 14.7 Å². The third-order valence-electron chi connectivity index (χ3n) is 5.20. The number of amides is 1. The van der Waals surface area contributed by atoms with Gasteiger partial charge in [-0.05, 0) is 42.0 Å². The number of fused-ring (bicyclic) bond motifs is 4. The van der Waals surface area contributed by atoms with Crippen LogP contribution in [0.5, 0.6) is 11.5 Å². The fourth-order valence-corrected chi connectivity index (χ4v) is 3.78. The van der Waals surface area contributed by atoms with Crippen molar-refractivity contribution in [3.8, 4) is 22.6 Å². The Labute approximate surface area is 164 Å². The lowest BCUT2D eigenvalue weighted by Gasteiger charge is -2.33. The van der Waals surface area contributed by atoms with Gasteiger partial charge in [0.1, 0.15) is 23.1 Å². The second kappa shape index (κ2) is 5.84. The van der Waals surface area contributed by atoms with Crippen LogP contribution in [0.25, 0.3) is 11.1 Å². The molecule has 2 N–H and O–H groups in total. The van der Waals surface area contributed by atoms with Crippen molar-refractivity contribution in [1.29, 1.82) is 0 Å². The van der Waals surface area contributed by atoms with Crippen LogP contribution in [-0.4, -0.2) is 28.8 Å². The van der Waals surface area contributed by atoms with Crippen molar-refractivity contribution in [1.82, 2.24) is 9.88 Å². The average Bonchev–Trinajstić information content (AvgIpc) is 2.93. The predicted octanol–water partition coefficient (Wildman–Crippen LogP) is 3.16. The van der Waals surface area contributed by atoms with Crippen molar-refractivity contribution in [2.24, 2.45) is 10.7 Å². The number of ether oxygens (including phenoxy) is 1. The van der Waals surface area contributed by atoms with Gasteiger partial charge >= 0.3 is 0 Å². The molecule has 5 rings (SSSR count). The maximum atomic E-state index is 14.1. The van der Waals surface area contributed by atoms with Gasteiger partial charge in [0.25, 0.3) is 5.91 Å². The van der Waals surface area contributed by atoms with Crippen LogP contribution in [0.4, 0.5) is 8.78 Å². The lowest BCUT2D eigenvalue weighted by Crippen LogP contribution is -2.42. The zero-order chi connectivity index (χ0) is 20.3. The van der Waals surface area contributed by atoms with E-state index in [1.807, 2.05) is 0 Å². The number of hydrogen-bond donors (Lipinski definition) is 1. The summed E-state index contributed by atoms with van der Waals surface area (Å²) < 4.78 is 33.7. The first-order valence-corrected chi connectivity index (χ1v) is 8.77. The molecule has 0 aliphatic carbocycles. The quantitative estimate of drug-likeness (QED) is 0.690. The van der Waals surface area contributed by atoms with Gasteiger partial charge in [0, 0.05) is 29.9 Å². The van der Waals surface area contributed by atoms with Crippen LogP contribution in [0.3, 0.4) is 0 Å². The van der Waals surface area contributed by atoms with Crippen molar-refractivity contribution >= 4 is 11.9 Å². The van der Waals surface area contributed by atoms with Gasteiger partial charge in [-0.1, -0.05) is 6.07 Å². The number of nitrogens with zero attached hydrogens (tertiary/aromatic N) is 3. The lowest BCUT2D eigenvalue weighted by atomic mass is 9.79. The fourth-order valence-electron chi connectivity index (χ4n) is 3.78. The standard InChI is InChI=1S/C21H14F2N4O2/c1-27-19(28)21(26-20(27)24)15-7-11(12-6-14(23)10-25-9-12)2-4-17(15)29-18-5-3-13(22)8-16(18)21/h2-10H,1H3,(H2,24,26). The summed E-state index contributed by atoms with van der Waals surface area (Å²) in [4.78, 5) is 22.9. The number of pyridine rings is 1. The molecule has 3 heterocycles. The van der Waals surface area contributed by atoms with E-state index in [1.165, 1.54) is 42.4 Å². The van der Waals surface area contributed by atoms with E-state index >= 15 is 0 Å². The van der Waals surface area contributed by atoms with Crippen molar-refractivity contribution < 1.29 is 18.3 Å². The second-order valence-electron chi connectivity index (χ2n) is 6.89. The minimum atomic E-state index is -1.58. The Bertz CT molecular complexity index is 1230. The Morgan fingerprint density at radius 3 is 2.38 bits per heavy atom. The largest absolute Gasteiger partial charge is 0.457 e. The lowest BCUT2D eigenvalue weighted by molar-refractivity contribution is -0.129. The highest BCUT2D eigenvalue weighted by molar-refractivity contribution is 6.10. The Balaban J connectivity index is 1.80. The zero-order valence-electron chi connectivity index (χ0n) is 15.2. The number of nitrogens with two attached hydrogens (primary N) is 1. The molecule has 1 aromatic heterocycles. The van der Waals surface area contributed by atoms with E-state index in [0.717, 1.165) is 6.20 Å². The SMILES string of the molecule is CN1C(=O)C2(N=C1N)c1cc(F)ccc1Oc1ccc(-c3cncc(F)c3)cc12. The first kappa shape index (κ1) is 17.3. The van der Waals surface area contributed by atoms with Crippen molar-refractivity contribution in [3.05, 3.63) is 77.6 Å². The molecule has 29 heavy (non-hydrogen) atoms. The van der Waals surface area contributed by atoms with Gasteiger partial charge < -0.3 is 10.5 Å². The zero-order valence-corrected chi connectivity index (χ0v) is 15.2. The number of carbonyl (C=O) groups is 1. The molecular formula is C21H14F2N4O2. The third kappa shape index (κ3) is 2.35. The van der Waals surface area contributed by atoms with Crippen molar-refractivity contribution in [2.75, 3.05) is 7.05 Å². The Hall–Kier alpha value is -3.81. The normalized spacial score (nSPS) is 19.6. The molecule has 1 atom stereocenters. The summed E-state index contributed by atoms with van der Waals surface area (Å²) in [6.07, 6.45) is 2.61. The molecule has 0 saturated carbocycles. The molecule has 0 bridgehead atoms. The minimum absolute atomic E-state index is 0.0101. The monoisotopic (exact) mass is 392 g/mol. The summed E-state index contributed by atoms with van der Waals surface area (Å²) in [5.74, 6) is -0.733. The van der Waals surface area contributed by atoms with E-state index in [0.29, 0.717) is 28.2 Å². The Morgan fingerprint density at radius 2 is 1.69 bits per heavy atom. The second-order valence-corrected chi connectivity index (χ2v) is 6.89. The van der Waals surface area contributed by atoms with E-state index < -0.39 is 23.1 Å². The predicted molar refractivity (Wildman–Crippen MR) is 101 cm³/mol. The number of benzene rings is 2. The van der Waals surface area contributed by atoms with E-state index in [9.17, 15) is 13.6 Å². The summed E-state index contributed by atoms with van der Waals surface area (Å²) >= 11 is 0. The molecule has 6 nitrogen and oxygen atoms in total. The number of guanidine groups is 1. The first-order chi connectivity index (χ1) is 13.9. The molecule has 0 radical (unpaired) electrons. The van der Waals surface area contributed by atoms with Gasteiger partial charge in [0.15, 0.2) is 5.96 Å². The van der Waals surface area contributed by atoms with Crippen LogP contribution in [0.2, 0.25) is 0 Å². The summed E-state index contributed by atoms with van der Waals surface area (Å²) in [6, 6.07) is 10.3. The summed E-state index contributed by atoms with van der Waals surface area (Å²) in [6.45, 7) is 0. The molecule has 144 valence electrons. The fraction of sp³-hybridized carbons (Fsp3) is 0.0952. The maximum absolute atomic E-state index is 14.1. The van der Waals surface area contributed by atoms with E-state index in [2.05, 4.69) is 9.98 Å². The van der Waals surface area contributed by atoms with Crippen LogP contribution >= 0.6 is 0 Å². The molecular weight excluding hydrogens is 378 g/mol. The molecule has 2 aliphatic rings. The molecule has 2 aliphatic heterocycles. The third-order valence-corrected chi connectivity index (χ3v) is 5.20. The van der Waals surface area contributed by atoms with Crippen molar-refractivity contribution in [3.63, 3.8) is 0 Å². The molecule has 8 heteroatoms. The highest BCUT2D eigenvalue weighted by Crippen LogP contribution is 2.52. The van der Waals surface area contributed by atoms with Crippen molar-refractivity contribution in [2.45, 2.75) is 5.54 Å². The molecule has 0 fully saturated rings. The molecule has 3 aromatic rings. The van der Waals surface area contributed by atoms with E-state index in [1.54, 1.807) is 18.2 Å². The number of hydrogen-bond acceptors (Lipinski definition) is 5. The molecule has 1 amide bonds. The smallest absolute Gasteiger partial charge is 0.266 e. The number of rotatable bonds is 1. The van der Waals surface area contributed by atoms with Gasteiger partial charge in [-0.2, -0.15) is 0 Å². The highest BCUT2D eigenvalue weighted by atomic mass is 19.1. The number of likely N-dealkylation sites (N-methyl/N-ethyl adjacent to an activating group) is 1. The van der Waals surface area contributed by atoms with Crippen LogP contribution < -0.4 is 10.5 Å². The van der Waals surface area contributed by atoms with E-state index in [-0.39, 0.29) is 11.5 Å². The number of aliphatic imine (C=N–C) groups is 1. The number of aromatic nitrogens is 1. The van der Waals surface area contributed by atoms with Gasteiger partial charge in [0.2, 0.25) is 5.54 Å². The number of carbonyl (C=O) groups excluding carboxylic acids is 1. The highest BCUT2D eigenvalue weighted by Gasteiger charge is 2.54. The van der Waals surface area contributed by atoms with Crippen LogP contribution in [0.1, 0.15) is 11.1 Å². The molecule has 1 spiro atoms. The Kier molecular flexibility index (Phi) is 3.48. The van der Waals surface area contributed by atoms with Crippen LogP contribution in [0, 0.1) is 11.6 Å². The number of halogens is 2. The topological polar surface area (TPSA) is 80.8 Å². The average molecular weight is 392 g/mol. The van der Waals surface area contributed by atoms with Crippen LogP contribution in [0.15, 0.2) is 59.9 Å². The summed E-state index contributed by atoms with van der Waals surface area (Å²) in [5, 5.41) is 0. The van der Waals surface area contributed by atoms with Crippen LogP contribution in [-0.2, 0) is 10.3 Å².